The van der Waals surface area contributed by atoms with Gasteiger partial charge in [-0.25, -0.2) is 4.39 Å². The third-order valence-corrected chi connectivity index (χ3v) is 7.42. The van der Waals surface area contributed by atoms with Gasteiger partial charge in [-0.15, -0.1) is 5.10 Å². The maximum atomic E-state index is 13.7. The number of likely N-dealkylation sites (tertiary alicyclic amines) is 1. The summed E-state index contributed by atoms with van der Waals surface area (Å²) in [7, 11) is 4.05. The van der Waals surface area contributed by atoms with Crippen LogP contribution in [0.3, 0.4) is 0 Å². The number of nitrogens with zero attached hydrogens (tertiary/aromatic N) is 7. The molecule has 190 valence electrons. The highest BCUT2D eigenvalue weighted by Gasteiger charge is 2.21. The largest absolute Gasteiger partial charge is 0.354 e. The fourth-order valence-electron chi connectivity index (χ4n) is 4.69. The molecule has 1 aliphatic heterocycles. The van der Waals surface area contributed by atoms with E-state index in [2.05, 4.69) is 38.6 Å². The van der Waals surface area contributed by atoms with E-state index in [0.717, 1.165) is 25.2 Å². The number of nitrogens with one attached hydrogen (secondary N) is 1. The number of benzene rings is 2. The molecule has 1 fully saturated rings. The lowest BCUT2D eigenvalue weighted by atomic mass is 10.1. The van der Waals surface area contributed by atoms with E-state index in [0.29, 0.717) is 44.7 Å². The Hall–Kier alpha value is -3.45. The third kappa shape index (κ3) is 5.18. The van der Waals surface area contributed by atoms with Crippen molar-refractivity contribution in [3.63, 3.8) is 0 Å². The molecule has 1 unspecified atom stereocenters. The Morgan fingerprint density at radius 1 is 1.24 bits per heavy atom. The number of pyridine rings is 1. The molecule has 8 nitrogen and oxygen atoms in total. The Labute approximate surface area is 224 Å². The molecule has 37 heavy (non-hydrogen) atoms. The normalized spacial score (nSPS) is 15.7. The van der Waals surface area contributed by atoms with Gasteiger partial charge in [0.2, 0.25) is 0 Å². The maximum absolute atomic E-state index is 13.7. The van der Waals surface area contributed by atoms with E-state index in [9.17, 15) is 9.65 Å². The number of aryl methyl sites for hydroxylation is 1. The topological polar surface area (TPSA) is 85.9 Å². The highest BCUT2D eigenvalue weighted by molar-refractivity contribution is 6.36. The minimum absolute atomic E-state index is 0.0250. The molecule has 1 atom stereocenters. The van der Waals surface area contributed by atoms with E-state index in [4.69, 9.17) is 23.2 Å². The van der Waals surface area contributed by atoms with Crippen molar-refractivity contribution in [2.24, 2.45) is 0 Å². The van der Waals surface area contributed by atoms with E-state index in [1.807, 2.05) is 28.9 Å². The predicted molar refractivity (Wildman–Crippen MR) is 145 cm³/mol. The fraction of sp³-hybridized carbons (Fsp3) is 0.308. The van der Waals surface area contributed by atoms with Crippen molar-refractivity contribution in [3.8, 4) is 6.07 Å². The molecule has 2 aromatic heterocycles. The molecular weight excluding hydrogens is 514 g/mol. The Balaban J connectivity index is 1.46. The summed E-state index contributed by atoms with van der Waals surface area (Å²) in [5.74, 6) is 0.141. The van der Waals surface area contributed by atoms with Crippen LogP contribution in [0.4, 0.5) is 27.3 Å². The van der Waals surface area contributed by atoms with Crippen LogP contribution in [0.1, 0.15) is 24.8 Å². The van der Waals surface area contributed by atoms with Crippen molar-refractivity contribution in [3.05, 3.63) is 64.2 Å². The lowest BCUT2D eigenvalue weighted by Gasteiger charge is -2.19. The summed E-state index contributed by atoms with van der Waals surface area (Å²) in [4.78, 5) is 8.68. The molecule has 2 aromatic carbocycles. The van der Waals surface area contributed by atoms with Crippen LogP contribution in [0.25, 0.3) is 10.9 Å². The average Bonchev–Trinajstić information content (AvgIpc) is 3.53. The zero-order chi connectivity index (χ0) is 26.1. The molecule has 0 saturated carbocycles. The number of aromatic nitrogens is 4. The second kappa shape index (κ2) is 10.5. The molecule has 3 heterocycles. The van der Waals surface area contributed by atoms with Gasteiger partial charge in [-0.3, -0.25) is 9.67 Å². The van der Waals surface area contributed by atoms with Crippen LogP contribution < -0.4 is 10.2 Å². The Morgan fingerprint density at radius 3 is 2.81 bits per heavy atom. The number of rotatable bonds is 7. The summed E-state index contributed by atoms with van der Waals surface area (Å²) in [6, 6.07) is 10.7. The van der Waals surface area contributed by atoms with Crippen LogP contribution in [-0.4, -0.2) is 51.6 Å². The zero-order valence-corrected chi connectivity index (χ0v) is 21.9. The molecule has 4 aromatic rings. The maximum Gasteiger partial charge on any atom is 0.175 e. The Morgan fingerprint density at radius 2 is 2.08 bits per heavy atom. The SMILES string of the molecule is CN(c1cc(Cl)c2ncc(C#N)c(Nc3ccc(F)c(Cl)c3)c2c1)c1cn(CCC2CCCN2C)nn1. The lowest BCUT2D eigenvalue weighted by Crippen LogP contribution is -2.26. The third-order valence-electron chi connectivity index (χ3n) is 6.84. The van der Waals surface area contributed by atoms with E-state index in [1.165, 1.54) is 31.2 Å². The number of hydrogen-bond acceptors (Lipinski definition) is 7. The molecule has 5 rings (SSSR count). The summed E-state index contributed by atoms with van der Waals surface area (Å²) in [6.45, 7) is 1.93. The van der Waals surface area contributed by atoms with Crippen molar-refractivity contribution in [2.45, 2.75) is 31.8 Å². The molecule has 11 heteroatoms. The Kier molecular flexibility index (Phi) is 7.15. The second-order valence-electron chi connectivity index (χ2n) is 9.20. The zero-order valence-electron chi connectivity index (χ0n) is 20.4. The van der Waals surface area contributed by atoms with Crippen LogP contribution in [0.5, 0.6) is 0 Å². The first kappa shape index (κ1) is 25.2. The van der Waals surface area contributed by atoms with Gasteiger partial charge in [0.25, 0.3) is 0 Å². The van der Waals surface area contributed by atoms with Gasteiger partial charge in [0, 0.05) is 42.6 Å². The van der Waals surface area contributed by atoms with Gasteiger partial charge in [0.05, 0.1) is 33.0 Å². The van der Waals surface area contributed by atoms with Crippen molar-refractivity contribution in [1.82, 2.24) is 24.9 Å². The van der Waals surface area contributed by atoms with Gasteiger partial charge in [0.15, 0.2) is 5.82 Å². The molecular formula is C26H25Cl2FN8. The van der Waals surface area contributed by atoms with Gasteiger partial charge in [0.1, 0.15) is 11.9 Å². The smallest absolute Gasteiger partial charge is 0.175 e. The van der Waals surface area contributed by atoms with E-state index >= 15 is 0 Å². The minimum atomic E-state index is -0.525. The Bertz CT molecular complexity index is 1500. The first-order valence-corrected chi connectivity index (χ1v) is 12.7. The molecule has 0 spiro atoms. The highest BCUT2D eigenvalue weighted by Crippen LogP contribution is 2.37. The van der Waals surface area contributed by atoms with Gasteiger partial charge in [-0.1, -0.05) is 28.4 Å². The first-order chi connectivity index (χ1) is 17.8. The van der Waals surface area contributed by atoms with Crippen LogP contribution in [0, 0.1) is 17.1 Å². The number of nitriles is 1. The van der Waals surface area contributed by atoms with Gasteiger partial charge in [-0.05, 0) is 63.2 Å². The van der Waals surface area contributed by atoms with Crippen LogP contribution in [0.2, 0.25) is 10.0 Å². The van der Waals surface area contributed by atoms with Crippen molar-refractivity contribution < 1.29 is 4.39 Å². The average molecular weight is 539 g/mol. The van der Waals surface area contributed by atoms with Gasteiger partial charge in [-0.2, -0.15) is 5.26 Å². The van der Waals surface area contributed by atoms with Gasteiger partial charge >= 0.3 is 0 Å². The first-order valence-electron chi connectivity index (χ1n) is 11.9. The predicted octanol–water partition coefficient (Wildman–Crippen LogP) is 6.14. The number of anilines is 4. The molecule has 1 aliphatic rings. The number of fused-ring (bicyclic) bond motifs is 1. The van der Waals surface area contributed by atoms with E-state index in [1.54, 1.807) is 12.1 Å². The molecule has 1 N–H and O–H groups in total. The van der Waals surface area contributed by atoms with Crippen LogP contribution in [-0.2, 0) is 6.54 Å². The van der Waals surface area contributed by atoms with Gasteiger partial charge < -0.3 is 15.1 Å². The summed E-state index contributed by atoms with van der Waals surface area (Å²) in [6.07, 6.45) is 6.85. The lowest BCUT2D eigenvalue weighted by molar-refractivity contribution is 0.282. The van der Waals surface area contributed by atoms with Crippen molar-refractivity contribution >= 4 is 57.0 Å². The highest BCUT2D eigenvalue weighted by atomic mass is 35.5. The summed E-state index contributed by atoms with van der Waals surface area (Å²) in [5.41, 5.74) is 2.61. The molecule has 0 aliphatic carbocycles. The van der Waals surface area contributed by atoms with Crippen LogP contribution >= 0.6 is 23.2 Å². The van der Waals surface area contributed by atoms with Crippen molar-refractivity contribution in [1.29, 1.82) is 5.26 Å². The second-order valence-corrected chi connectivity index (χ2v) is 10.0. The standard InChI is InChI=1S/C26H25Cl2FN8/c1-35-8-3-4-18(35)7-9-37-15-24(33-34-37)36(2)19-11-20-25(32-17-5-6-23(29)21(27)10-17)16(13-30)14-31-26(20)22(28)12-19/h5-6,10-12,14-15,18H,3-4,7-9H2,1-2H3,(H,31,32). The minimum Gasteiger partial charge on any atom is -0.354 e. The molecule has 0 bridgehead atoms. The molecule has 0 amide bonds. The summed E-state index contributed by atoms with van der Waals surface area (Å²) >= 11 is 12.6. The molecule has 1 saturated heterocycles. The summed E-state index contributed by atoms with van der Waals surface area (Å²) in [5, 5.41) is 22.6. The monoisotopic (exact) mass is 538 g/mol. The van der Waals surface area contributed by atoms with Crippen molar-refractivity contribution in [2.75, 3.05) is 30.9 Å². The van der Waals surface area contributed by atoms with E-state index in [-0.39, 0.29) is 5.02 Å². The van der Waals surface area contributed by atoms with Crippen LogP contribution in [0.15, 0.2) is 42.7 Å². The fourth-order valence-corrected chi connectivity index (χ4v) is 5.13. The quantitative estimate of drug-likeness (QED) is 0.302. The summed E-state index contributed by atoms with van der Waals surface area (Å²) < 4.78 is 15.5. The number of halogens is 3. The van der Waals surface area contributed by atoms with E-state index < -0.39 is 5.82 Å². The number of hydrogen-bond donors (Lipinski definition) is 1. The molecule has 0 radical (unpaired) electrons.